The van der Waals surface area contributed by atoms with Crippen molar-refractivity contribution in [3.63, 3.8) is 0 Å². The molecular formula is C13H17FN4O3. The summed E-state index contributed by atoms with van der Waals surface area (Å²) in [5.74, 6) is -1.47. The highest BCUT2D eigenvalue weighted by Crippen LogP contribution is 2.27. The largest absolute Gasteiger partial charge is 0.393 e. The number of hydrogen-bond donors (Lipinski definition) is 3. The highest BCUT2D eigenvalue weighted by Gasteiger charge is 2.25. The Balaban J connectivity index is 2.17. The van der Waals surface area contributed by atoms with E-state index in [0.717, 1.165) is 31.7 Å². The lowest BCUT2D eigenvalue weighted by atomic mass is 9.91. The molecule has 1 amide bonds. The summed E-state index contributed by atoms with van der Waals surface area (Å²) in [6, 6.07) is 1.68. The average molecular weight is 296 g/mol. The van der Waals surface area contributed by atoms with E-state index >= 15 is 0 Å². The summed E-state index contributed by atoms with van der Waals surface area (Å²) >= 11 is 0. The number of nitro groups is 1. The first-order valence-corrected chi connectivity index (χ1v) is 6.68. The molecule has 1 aliphatic rings. The molecule has 1 saturated carbocycles. The molecule has 114 valence electrons. The number of nitrogens with one attached hydrogen (secondary N) is 1. The maximum Gasteiger partial charge on any atom is 0.295 e. The molecule has 0 aliphatic heterocycles. The molecule has 0 heterocycles. The van der Waals surface area contributed by atoms with Crippen molar-refractivity contribution in [2.45, 2.75) is 37.8 Å². The van der Waals surface area contributed by atoms with E-state index in [9.17, 15) is 19.3 Å². The molecule has 21 heavy (non-hydrogen) atoms. The summed E-state index contributed by atoms with van der Waals surface area (Å²) in [6.45, 7) is 0. The van der Waals surface area contributed by atoms with Gasteiger partial charge in [-0.05, 0) is 31.7 Å². The number of benzene rings is 1. The van der Waals surface area contributed by atoms with Gasteiger partial charge < -0.3 is 16.8 Å². The summed E-state index contributed by atoms with van der Waals surface area (Å²) in [5, 5.41) is 13.5. The molecule has 1 aromatic rings. The number of rotatable bonds is 3. The summed E-state index contributed by atoms with van der Waals surface area (Å²) in [4.78, 5) is 22.1. The van der Waals surface area contributed by atoms with Crippen molar-refractivity contribution < 1.29 is 14.1 Å². The van der Waals surface area contributed by atoms with E-state index in [4.69, 9.17) is 11.5 Å². The molecule has 0 unspecified atom stereocenters. The van der Waals surface area contributed by atoms with E-state index in [2.05, 4.69) is 5.32 Å². The number of hydrogen-bond acceptors (Lipinski definition) is 5. The SMILES string of the molecule is Nc1c(C(=O)NC2CCC(N)CC2)cc(F)cc1[N+](=O)[O-]. The molecule has 0 bridgehead atoms. The van der Waals surface area contributed by atoms with Crippen LogP contribution < -0.4 is 16.8 Å². The van der Waals surface area contributed by atoms with Gasteiger partial charge in [-0.15, -0.1) is 0 Å². The molecule has 7 nitrogen and oxygen atoms in total. The highest BCUT2D eigenvalue weighted by atomic mass is 19.1. The number of nitrogens with zero attached hydrogens (tertiary/aromatic N) is 1. The fraction of sp³-hybridized carbons (Fsp3) is 0.462. The van der Waals surface area contributed by atoms with Gasteiger partial charge in [0.05, 0.1) is 16.6 Å². The second-order valence-electron chi connectivity index (χ2n) is 5.23. The molecule has 0 atom stereocenters. The zero-order chi connectivity index (χ0) is 15.6. The minimum atomic E-state index is -0.869. The first-order valence-electron chi connectivity index (χ1n) is 6.68. The van der Waals surface area contributed by atoms with E-state index in [1.54, 1.807) is 0 Å². The van der Waals surface area contributed by atoms with Crippen LogP contribution >= 0.6 is 0 Å². The number of anilines is 1. The predicted octanol–water partition coefficient (Wildman–Crippen LogP) is 1.32. The van der Waals surface area contributed by atoms with Crippen molar-refractivity contribution in [1.82, 2.24) is 5.32 Å². The second-order valence-corrected chi connectivity index (χ2v) is 5.23. The first-order chi connectivity index (χ1) is 9.88. The second kappa shape index (κ2) is 6.04. The summed E-state index contributed by atoms with van der Waals surface area (Å²) in [6.07, 6.45) is 3.04. The topological polar surface area (TPSA) is 124 Å². The Labute approximate surface area is 120 Å². The van der Waals surface area contributed by atoms with E-state index < -0.39 is 22.3 Å². The molecule has 1 aliphatic carbocycles. The van der Waals surface area contributed by atoms with Crippen LogP contribution in [0.2, 0.25) is 0 Å². The lowest BCUT2D eigenvalue weighted by Crippen LogP contribution is -2.40. The van der Waals surface area contributed by atoms with E-state index in [1.165, 1.54) is 0 Å². The summed E-state index contributed by atoms with van der Waals surface area (Å²) in [5.41, 5.74) is 10.2. The number of carbonyl (C=O) groups is 1. The fourth-order valence-electron chi connectivity index (χ4n) is 2.47. The Morgan fingerprint density at radius 3 is 2.52 bits per heavy atom. The van der Waals surface area contributed by atoms with Gasteiger partial charge in [-0.1, -0.05) is 0 Å². The van der Waals surface area contributed by atoms with Crippen LogP contribution in [0.3, 0.4) is 0 Å². The Bertz CT molecular complexity index is 571. The summed E-state index contributed by atoms with van der Waals surface area (Å²) in [7, 11) is 0. The van der Waals surface area contributed by atoms with Gasteiger partial charge in [-0.25, -0.2) is 4.39 Å². The third-order valence-corrected chi connectivity index (χ3v) is 3.67. The summed E-state index contributed by atoms with van der Waals surface area (Å²) < 4.78 is 13.4. The molecular weight excluding hydrogens is 279 g/mol. The van der Waals surface area contributed by atoms with Crippen LogP contribution in [0.15, 0.2) is 12.1 Å². The van der Waals surface area contributed by atoms with Crippen LogP contribution in [-0.4, -0.2) is 22.9 Å². The van der Waals surface area contributed by atoms with Gasteiger partial charge in [0.15, 0.2) is 0 Å². The van der Waals surface area contributed by atoms with Crippen LogP contribution in [0.5, 0.6) is 0 Å². The number of carbonyl (C=O) groups excluding carboxylic acids is 1. The smallest absolute Gasteiger partial charge is 0.295 e. The predicted molar refractivity (Wildman–Crippen MR) is 75.2 cm³/mol. The molecule has 0 saturated heterocycles. The molecule has 1 aromatic carbocycles. The minimum Gasteiger partial charge on any atom is -0.393 e. The molecule has 0 radical (unpaired) electrons. The number of nitro benzene ring substituents is 1. The normalized spacial score (nSPS) is 21.8. The van der Waals surface area contributed by atoms with Gasteiger partial charge in [0.2, 0.25) is 0 Å². The van der Waals surface area contributed by atoms with Gasteiger partial charge in [-0.3, -0.25) is 14.9 Å². The number of halogens is 1. The van der Waals surface area contributed by atoms with Crippen molar-refractivity contribution in [2.75, 3.05) is 5.73 Å². The average Bonchev–Trinajstić information content (AvgIpc) is 2.43. The van der Waals surface area contributed by atoms with Crippen molar-refractivity contribution in [3.8, 4) is 0 Å². The third kappa shape index (κ3) is 3.46. The monoisotopic (exact) mass is 296 g/mol. The van der Waals surface area contributed by atoms with E-state index in [0.29, 0.717) is 6.07 Å². The zero-order valence-electron chi connectivity index (χ0n) is 11.3. The Kier molecular flexibility index (Phi) is 4.37. The number of nitrogen functional groups attached to an aromatic ring is 1. The standard InChI is InChI=1S/C13H17FN4O3/c14-7-5-10(12(16)11(6-7)18(20)21)13(19)17-9-3-1-8(15)2-4-9/h5-6,8-9H,1-4,15-16H2,(H,17,19). The highest BCUT2D eigenvalue weighted by molar-refractivity contribution is 6.01. The first kappa shape index (κ1) is 15.2. The van der Waals surface area contributed by atoms with Crippen LogP contribution in [0.1, 0.15) is 36.0 Å². The van der Waals surface area contributed by atoms with Crippen molar-refractivity contribution in [3.05, 3.63) is 33.6 Å². The van der Waals surface area contributed by atoms with Crippen LogP contribution in [0, 0.1) is 15.9 Å². The van der Waals surface area contributed by atoms with Crippen LogP contribution in [0.4, 0.5) is 15.8 Å². The van der Waals surface area contributed by atoms with Crippen molar-refractivity contribution in [1.29, 1.82) is 0 Å². The maximum atomic E-state index is 13.4. The molecule has 5 N–H and O–H groups in total. The molecule has 2 rings (SSSR count). The third-order valence-electron chi connectivity index (χ3n) is 3.67. The number of amides is 1. The van der Waals surface area contributed by atoms with E-state index in [-0.39, 0.29) is 23.3 Å². The van der Waals surface area contributed by atoms with Gasteiger partial charge >= 0.3 is 0 Å². The molecule has 0 aromatic heterocycles. The molecule has 0 spiro atoms. The Morgan fingerprint density at radius 2 is 1.95 bits per heavy atom. The Morgan fingerprint density at radius 1 is 1.33 bits per heavy atom. The van der Waals surface area contributed by atoms with Gasteiger partial charge in [0.25, 0.3) is 11.6 Å². The fourth-order valence-corrected chi connectivity index (χ4v) is 2.47. The van der Waals surface area contributed by atoms with E-state index in [1.807, 2.05) is 0 Å². The number of nitrogens with two attached hydrogens (primary N) is 2. The molecule has 1 fully saturated rings. The quantitative estimate of drug-likeness (QED) is 0.440. The lowest BCUT2D eigenvalue weighted by molar-refractivity contribution is -0.384. The minimum absolute atomic E-state index is 0.0703. The van der Waals surface area contributed by atoms with Crippen molar-refractivity contribution in [2.24, 2.45) is 5.73 Å². The lowest BCUT2D eigenvalue weighted by Gasteiger charge is -2.26. The molecule has 8 heteroatoms. The zero-order valence-corrected chi connectivity index (χ0v) is 11.3. The van der Waals surface area contributed by atoms with Crippen LogP contribution in [-0.2, 0) is 0 Å². The van der Waals surface area contributed by atoms with Crippen LogP contribution in [0.25, 0.3) is 0 Å². The Hall–Kier alpha value is -2.22. The van der Waals surface area contributed by atoms with Crippen molar-refractivity contribution >= 4 is 17.3 Å². The van der Waals surface area contributed by atoms with Gasteiger partial charge in [-0.2, -0.15) is 0 Å². The van der Waals surface area contributed by atoms with Gasteiger partial charge in [0, 0.05) is 12.1 Å². The van der Waals surface area contributed by atoms with Gasteiger partial charge in [0.1, 0.15) is 11.5 Å². The maximum absolute atomic E-state index is 13.4.